The SMILES string of the molecule is CC/C=C\C/C=C\C/C=C\C/C=C\C/C=C\C/C=C\C/C=C\C/C=C\C/C=C\C/C=C\CCCCC(=O)OCC(COC(=O)CCCCCCCCC)OC(=O)CCC/C=C\C/C=C\C/C=C\C/C=C\C/C=C\C/C=C\C/C=C\CC. The van der Waals surface area contributed by atoms with Crippen molar-refractivity contribution in [2.75, 3.05) is 13.2 Å². The van der Waals surface area contributed by atoms with Crippen molar-refractivity contribution in [1.82, 2.24) is 0 Å². The fourth-order valence-corrected chi connectivity index (χ4v) is 7.63. The van der Waals surface area contributed by atoms with Crippen molar-refractivity contribution in [2.24, 2.45) is 0 Å². The molecule has 0 aromatic heterocycles. The largest absolute Gasteiger partial charge is 0.462 e. The van der Waals surface area contributed by atoms with Gasteiger partial charge in [-0.05, 0) is 148 Å². The van der Waals surface area contributed by atoms with E-state index in [1.54, 1.807) is 0 Å². The van der Waals surface area contributed by atoms with Crippen LogP contribution in [0.4, 0.5) is 0 Å². The lowest BCUT2D eigenvalue weighted by atomic mass is 10.1. The van der Waals surface area contributed by atoms with Gasteiger partial charge in [-0.25, -0.2) is 0 Å². The van der Waals surface area contributed by atoms with Gasteiger partial charge in [-0.2, -0.15) is 0 Å². The van der Waals surface area contributed by atoms with Crippen molar-refractivity contribution in [3.63, 3.8) is 0 Å². The first-order valence-electron chi connectivity index (χ1n) is 31.6. The van der Waals surface area contributed by atoms with Crippen molar-refractivity contribution < 1.29 is 28.6 Å². The van der Waals surface area contributed by atoms with Crippen LogP contribution < -0.4 is 0 Å². The molecule has 81 heavy (non-hydrogen) atoms. The Balaban J connectivity index is 4.38. The van der Waals surface area contributed by atoms with E-state index < -0.39 is 6.10 Å². The van der Waals surface area contributed by atoms with Gasteiger partial charge in [0.2, 0.25) is 0 Å². The van der Waals surface area contributed by atoms with Crippen molar-refractivity contribution in [3.05, 3.63) is 207 Å². The van der Waals surface area contributed by atoms with Crippen LogP contribution >= 0.6 is 0 Å². The molecule has 0 heterocycles. The smallest absolute Gasteiger partial charge is 0.306 e. The molecule has 0 bridgehead atoms. The van der Waals surface area contributed by atoms with Gasteiger partial charge in [0.25, 0.3) is 0 Å². The molecule has 0 aliphatic rings. The first-order chi connectivity index (χ1) is 40.0. The number of hydrogen-bond donors (Lipinski definition) is 0. The Bertz CT molecular complexity index is 2000. The standard InChI is InChI=1S/C75H112O6/c1-4-7-10-13-16-18-20-22-24-26-28-30-32-33-34-35-36-37-38-39-40-41-43-44-46-48-50-52-54-56-59-62-65-68-74(77)80-71-72(70-79-73(76)67-64-61-58-15-12-9-6-3)81-75(78)69-66-63-60-57-55-53-51-49-47-45-42-31-29-27-25-23-21-19-17-14-11-8-5-2/h7-8,10-11,16-19,22-25,28-31,33-34,36-37,39-40,43-45,47-48,50-51,53-54,56-57,60,72H,4-6,9,12-15,20-21,26-27,32,35,38,41-42,46,49,52,55,58-59,61-71H2,1-3H3/b10-7-,11-8-,18-16-,19-17-,24-22-,25-23-,30-28-,31-29-,34-33-,37-36-,40-39-,44-43-,47-45-,50-48-,53-51-,56-54-,60-57-. The van der Waals surface area contributed by atoms with E-state index >= 15 is 0 Å². The summed E-state index contributed by atoms with van der Waals surface area (Å²) in [5.74, 6) is -1.05. The van der Waals surface area contributed by atoms with E-state index in [4.69, 9.17) is 14.2 Å². The summed E-state index contributed by atoms with van der Waals surface area (Å²) in [5, 5.41) is 0. The molecule has 0 fully saturated rings. The Labute approximate surface area is 496 Å². The molecule has 0 saturated carbocycles. The van der Waals surface area contributed by atoms with Gasteiger partial charge < -0.3 is 14.2 Å². The fraction of sp³-hybridized carbons (Fsp3) is 0.507. The van der Waals surface area contributed by atoms with Crippen LogP contribution in [0, 0.1) is 0 Å². The Hall–Kier alpha value is -6.01. The number of carbonyl (C=O) groups is 3. The second-order valence-corrected chi connectivity index (χ2v) is 19.9. The highest BCUT2D eigenvalue weighted by atomic mass is 16.6. The van der Waals surface area contributed by atoms with Gasteiger partial charge in [-0.15, -0.1) is 0 Å². The maximum atomic E-state index is 12.8. The zero-order valence-corrected chi connectivity index (χ0v) is 51.2. The highest BCUT2D eigenvalue weighted by Gasteiger charge is 2.19. The van der Waals surface area contributed by atoms with E-state index in [2.05, 4.69) is 227 Å². The topological polar surface area (TPSA) is 78.9 Å². The highest BCUT2D eigenvalue weighted by molar-refractivity contribution is 5.71. The summed E-state index contributed by atoms with van der Waals surface area (Å²) in [6, 6.07) is 0. The quantitative estimate of drug-likeness (QED) is 0.0261. The Morgan fingerprint density at radius 2 is 0.494 bits per heavy atom. The van der Waals surface area contributed by atoms with Crippen LogP contribution in [0.2, 0.25) is 0 Å². The van der Waals surface area contributed by atoms with Crippen molar-refractivity contribution in [3.8, 4) is 0 Å². The Morgan fingerprint density at radius 3 is 0.790 bits per heavy atom. The molecule has 1 unspecified atom stereocenters. The first kappa shape index (κ1) is 75.0. The molecule has 0 amide bonds. The maximum Gasteiger partial charge on any atom is 0.306 e. The average molecular weight is 1110 g/mol. The summed E-state index contributed by atoms with van der Waals surface area (Å²) in [4.78, 5) is 38.0. The molecule has 0 aliphatic carbocycles. The Morgan fingerprint density at radius 1 is 0.259 bits per heavy atom. The highest BCUT2D eigenvalue weighted by Crippen LogP contribution is 2.11. The van der Waals surface area contributed by atoms with Gasteiger partial charge in [0.05, 0.1) is 0 Å². The third kappa shape index (κ3) is 64.7. The number of carbonyl (C=O) groups excluding carboxylic acids is 3. The third-order valence-corrected chi connectivity index (χ3v) is 12.3. The molecule has 0 saturated heterocycles. The summed E-state index contributed by atoms with van der Waals surface area (Å²) >= 11 is 0. The van der Waals surface area contributed by atoms with Crippen LogP contribution in [-0.2, 0) is 28.6 Å². The van der Waals surface area contributed by atoms with E-state index in [1.807, 2.05) is 0 Å². The number of unbranched alkanes of at least 4 members (excludes halogenated alkanes) is 9. The molecule has 1 atom stereocenters. The van der Waals surface area contributed by atoms with Crippen LogP contribution in [0.15, 0.2) is 207 Å². The minimum absolute atomic E-state index is 0.126. The van der Waals surface area contributed by atoms with Gasteiger partial charge in [0, 0.05) is 19.3 Å². The normalized spacial score (nSPS) is 13.6. The van der Waals surface area contributed by atoms with E-state index in [0.717, 1.165) is 148 Å². The Kier molecular flexibility index (Phi) is 61.6. The number of allylic oxidation sites excluding steroid dienone is 34. The van der Waals surface area contributed by atoms with Crippen molar-refractivity contribution >= 4 is 17.9 Å². The molecule has 0 rings (SSSR count). The number of esters is 3. The molecule has 0 aromatic carbocycles. The molecule has 0 spiro atoms. The van der Waals surface area contributed by atoms with Crippen LogP contribution in [0.5, 0.6) is 0 Å². The van der Waals surface area contributed by atoms with Crippen LogP contribution in [-0.4, -0.2) is 37.2 Å². The van der Waals surface area contributed by atoms with Crippen molar-refractivity contribution in [2.45, 2.75) is 232 Å². The second-order valence-electron chi connectivity index (χ2n) is 19.9. The molecule has 0 aliphatic heterocycles. The molecule has 6 heteroatoms. The van der Waals surface area contributed by atoms with Gasteiger partial charge in [0.1, 0.15) is 13.2 Å². The molecule has 448 valence electrons. The summed E-state index contributed by atoms with van der Waals surface area (Å²) in [6.45, 7) is 6.25. The predicted molar refractivity (Wildman–Crippen MR) is 352 cm³/mol. The minimum Gasteiger partial charge on any atom is -0.462 e. The third-order valence-electron chi connectivity index (χ3n) is 12.3. The van der Waals surface area contributed by atoms with Gasteiger partial charge >= 0.3 is 17.9 Å². The molecule has 6 nitrogen and oxygen atoms in total. The number of ether oxygens (including phenoxy) is 3. The number of rotatable bonds is 54. The molecule has 0 aromatic rings. The minimum atomic E-state index is -0.837. The zero-order chi connectivity index (χ0) is 58.5. The van der Waals surface area contributed by atoms with E-state index in [1.165, 1.54) is 25.7 Å². The molecular formula is C75H112O6. The lowest BCUT2D eigenvalue weighted by Gasteiger charge is -2.18. The fourth-order valence-electron chi connectivity index (χ4n) is 7.63. The lowest BCUT2D eigenvalue weighted by molar-refractivity contribution is -0.167. The van der Waals surface area contributed by atoms with Crippen LogP contribution in [0.3, 0.4) is 0 Å². The van der Waals surface area contributed by atoms with Gasteiger partial charge in [-0.1, -0.05) is 266 Å². The monoisotopic (exact) mass is 1110 g/mol. The van der Waals surface area contributed by atoms with E-state index in [9.17, 15) is 14.4 Å². The van der Waals surface area contributed by atoms with Crippen LogP contribution in [0.1, 0.15) is 226 Å². The van der Waals surface area contributed by atoms with E-state index in [-0.39, 0.29) is 44.0 Å². The second kappa shape index (κ2) is 66.5. The summed E-state index contributed by atoms with van der Waals surface area (Å²) in [5.41, 5.74) is 0. The summed E-state index contributed by atoms with van der Waals surface area (Å²) < 4.78 is 16.7. The van der Waals surface area contributed by atoms with Gasteiger partial charge in [0.15, 0.2) is 6.10 Å². The number of hydrogen-bond acceptors (Lipinski definition) is 6. The molecular weight excluding hydrogens is 997 g/mol. The zero-order valence-electron chi connectivity index (χ0n) is 51.2. The molecule has 0 radical (unpaired) electrons. The lowest BCUT2D eigenvalue weighted by Crippen LogP contribution is -2.30. The summed E-state index contributed by atoms with van der Waals surface area (Å²) in [6.07, 6.45) is 103. The average Bonchev–Trinajstić information content (AvgIpc) is 3.47. The van der Waals surface area contributed by atoms with E-state index in [0.29, 0.717) is 19.3 Å². The first-order valence-corrected chi connectivity index (χ1v) is 31.6. The summed E-state index contributed by atoms with van der Waals surface area (Å²) in [7, 11) is 0. The molecule has 0 N–H and O–H groups in total. The van der Waals surface area contributed by atoms with Gasteiger partial charge in [-0.3, -0.25) is 14.4 Å². The maximum absolute atomic E-state index is 12.8. The predicted octanol–water partition coefficient (Wildman–Crippen LogP) is 22.0. The van der Waals surface area contributed by atoms with Crippen LogP contribution in [0.25, 0.3) is 0 Å². The van der Waals surface area contributed by atoms with Crippen molar-refractivity contribution in [1.29, 1.82) is 0 Å².